The Morgan fingerprint density at radius 1 is 1.47 bits per heavy atom. The normalized spacial score (nSPS) is 12.3. The van der Waals surface area contributed by atoms with Crippen molar-refractivity contribution in [1.82, 2.24) is 5.43 Å². The average Bonchev–Trinajstić information content (AvgIpc) is 2.20. The molecule has 0 spiro atoms. The molecule has 1 amide bonds. The second-order valence-corrected chi connectivity index (χ2v) is 4.92. The Morgan fingerprint density at radius 2 is 2.13 bits per heavy atom. The van der Waals surface area contributed by atoms with Gasteiger partial charge in [-0.2, -0.15) is 0 Å². The lowest BCUT2D eigenvalue weighted by atomic mass is 10.2. The fourth-order valence-electron chi connectivity index (χ4n) is 1.29. The number of aryl methyl sites for hydroxylation is 2. The van der Waals surface area contributed by atoms with Crippen molar-refractivity contribution in [3.05, 3.63) is 29.3 Å². The lowest BCUT2D eigenvalue weighted by Crippen LogP contribution is -2.36. The number of thioether (sulfide) groups is 1. The second kappa shape index (κ2) is 5.19. The molecule has 0 aliphatic rings. The fourth-order valence-corrected chi connectivity index (χ4v) is 2.24. The van der Waals surface area contributed by atoms with Gasteiger partial charge in [0.1, 0.15) is 0 Å². The number of benzene rings is 1. The summed E-state index contributed by atoms with van der Waals surface area (Å²) in [4.78, 5) is 12.4. The van der Waals surface area contributed by atoms with Crippen molar-refractivity contribution in [2.45, 2.75) is 30.9 Å². The van der Waals surface area contributed by atoms with Crippen molar-refractivity contribution in [2.75, 3.05) is 0 Å². The Labute approximate surface area is 94.4 Å². The fraction of sp³-hybridized carbons (Fsp3) is 0.364. The molecule has 0 aliphatic heterocycles. The highest BCUT2D eigenvalue weighted by molar-refractivity contribution is 8.00. The largest absolute Gasteiger partial charge is 0.293 e. The number of rotatable bonds is 3. The lowest BCUT2D eigenvalue weighted by Gasteiger charge is -2.11. The van der Waals surface area contributed by atoms with E-state index < -0.39 is 0 Å². The van der Waals surface area contributed by atoms with Gasteiger partial charge in [0.05, 0.1) is 5.25 Å². The Hall–Kier alpha value is -1.00. The van der Waals surface area contributed by atoms with Gasteiger partial charge in [-0.25, -0.2) is 5.84 Å². The van der Waals surface area contributed by atoms with Crippen LogP contribution in [0.3, 0.4) is 0 Å². The summed E-state index contributed by atoms with van der Waals surface area (Å²) in [6.45, 7) is 5.94. The van der Waals surface area contributed by atoms with E-state index in [4.69, 9.17) is 5.84 Å². The van der Waals surface area contributed by atoms with Gasteiger partial charge < -0.3 is 0 Å². The molecule has 0 fully saturated rings. The maximum absolute atomic E-state index is 11.2. The summed E-state index contributed by atoms with van der Waals surface area (Å²) in [5.74, 6) is 4.92. The zero-order chi connectivity index (χ0) is 11.4. The summed E-state index contributed by atoms with van der Waals surface area (Å²) in [6, 6.07) is 6.19. The third kappa shape index (κ3) is 3.25. The predicted molar refractivity (Wildman–Crippen MR) is 63.6 cm³/mol. The standard InChI is InChI=1S/C11H16N2OS/c1-7-4-5-10(8(2)6-7)15-9(3)11(14)13-12/h4-6,9H,12H2,1-3H3,(H,13,14). The summed E-state index contributed by atoms with van der Waals surface area (Å²) in [7, 11) is 0. The third-order valence-corrected chi connectivity index (χ3v) is 3.43. The molecule has 3 nitrogen and oxygen atoms in total. The molecule has 0 saturated carbocycles. The topological polar surface area (TPSA) is 55.1 Å². The summed E-state index contributed by atoms with van der Waals surface area (Å²) >= 11 is 1.52. The number of carbonyl (C=O) groups is 1. The van der Waals surface area contributed by atoms with E-state index in [1.807, 2.05) is 26.0 Å². The molecule has 1 atom stereocenters. The van der Waals surface area contributed by atoms with Crippen LogP contribution in [-0.2, 0) is 4.79 Å². The van der Waals surface area contributed by atoms with Crippen molar-refractivity contribution in [2.24, 2.45) is 5.84 Å². The number of hydrogen-bond acceptors (Lipinski definition) is 3. The van der Waals surface area contributed by atoms with Crippen LogP contribution in [0, 0.1) is 13.8 Å². The number of amides is 1. The highest BCUT2D eigenvalue weighted by Crippen LogP contribution is 2.27. The third-order valence-electron chi connectivity index (χ3n) is 2.15. The number of carbonyl (C=O) groups excluding carboxylic acids is 1. The number of nitrogens with one attached hydrogen (secondary N) is 1. The first-order valence-electron chi connectivity index (χ1n) is 4.79. The summed E-state index contributed by atoms with van der Waals surface area (Å²) < 4.78 is 0. The summed E-state index contributed by atoms with van der Waals surface area (Å²) in [5, 5.41) is -0.170. The first kappa shape index (κ1) is 12.1. The molecule has 0 bridgehead atoms. The SMILES string of the molecule is Cc1ccc(SC(C)C(=O)NN)c(C)c1. The molecule has 1 aromatic carbocycles. The molecule has 0 radical (unpaired) electrons. The van der Waals surface area contributed by atoms with Crippen LogP contribution in [-0.4, -0.2) is 11.2 Å². The number of nitrogens with two attached hydrogens (primary N) is 1. The zero-order valence-electron chi connectivity index (χ0n) is 9.20. The molecule has 1 rings (SSSR count). The van der Waals surface area contributed by atoms with Crippen LogP contribution in [0.15, 0.2) is 23.1 Å². The monoisotopic (exact) mass is 224 g/mol. The smallest absolute Gasteiger partial charge is 0.247 e. The Balaban J connectivity index is 2.76. The van der Waals surface area contributed by atoms with Gasteiger partial charge in [0, 0.05) is 4.90 Å². The Morgan fingerprint density at radius 3 is 2.67 bits per heavy atom. The van der Waals surface area contributed by atoms with Gasteiger partial charge in [-0.3, -0.25) is 10.2 Å². The van der Waals surface area contributed by atoms with E-state index in [0.717, 1.165) is 4.90 Å². The molecular weight excluding hydrogens is 208 g/mol. The maximum Gasteiger partial charge on any atom is 0.247 e. The predicted octanol–water partition coefficient (Wildman–Crippen LogP) is 1.77. The van der Waals surface area contributed by atoms with Gasteiger partial charge in [-0.15, -0.1) is 11.8 Å². The second-order valence-electron chi connectivity index (χ2n) is 3.54. The molecule has 4 heteroatoms. The molecule has 3 N–H and O–H groups in total. The van der Waals surface area contributed by atoms with Gasteiger partial charge in [-0.1, -0.05) is 17.7 Å². The van der Waals surface area contributed by atoms with Crippen molar-refractivity contribution in [3.63, 3.8) is 0 Å². The van der Waals surface area contributed by atoms with Crippen molar-refractivity contribution in [3.8, 4) is 0 Å². The molecule has 15 heavy (non-hydrogen) atoms. The van der Waals surface area contributed by atoms with Crippen LogP contribution in [0.2, 0.25) is 0 Å². The maximum atomic E-state index is 11.2. The minimum atomic E-state index is -0.170. The molecule has 0 aliphatic carbocycles. The van der Waals surface area contributed by atoms with Crippen LogP contribution >= 0.6 is 11.8 Å². The summed E-state index contributed by atoms with van der Waals surface area (Å²) in [6.07, 6.45) is 0. The van der Waals surface area contributed by atoms with Crippen LogP contribution < -0.4 is 11.3 Å². The molecule has 0 saturated heterocycles. The van der Waals surface area contributed by atoms with Crippen LogP contribution in [0.4, 0.5) is 0 Å². The van der Waals surface area contributed by atoms with Crippen molar-refractivity contribution < 1.29 is 4.79 Å². The van der Waals surface area contributed by atoms with Crippen molar-refractivity contribution >= 4 is 17.7 Å². The van der Waals surface area contributed by atoms with E-state index in [2.05, 4.69) is 18.4 Å². The minimum absolute atomic E-state index is 0.153. The number of hydrazine groups is 1. The molecule has 0 aromatic heterocycles. The Bertz CT molecular complexity index is 366. The van der Waals surface area contributed by atoms with Crippen LogP contribution in [0.1, 0.15) is 18.1 Å². The molecular formula is C11H16N2OS. The first-order chi connectivity index (χ1) is 7.04. The highest BCUT2D eigenvalue weighted by Gasteiger charge is 2.13. The van der Waals surface area contributed by atoms with E-state index in [1.165, 1.54) is 22.9 Å². The van der Waals surface area contributed by atoms with Gasteiger partial charge in [-0.05, 0) is 32.4 Å². The summed E-state index contributed by atoms with van der Waals surface area (Å²) in [5.41, 5.74) is 4.58. The van der Waals surface area contributed by atoms with Crippen LogP contribution in [0.5, 0.6) is 0 Å². The molecule has 1 aromatic rings. The molecule has 0 heterocycles. The quantitative estimate of drug-likeness (QED) is 0.356. The van der Waals surface area contributed by atoms with Gasteiger partial charge in [0.15, 0.2) is 0 Å². The first-order valence-corrected chi connectivity index (χ1v) is 5.67. The molecule has 1 unspecified atom stereocenters. The van der Waals surface area contributed by atoms with E-state index in [1.54, 1.807) is 0 Å². The Kier molecular flexibility index (Phi) is 4.17. The molecule has 82 valence electrons. The van der Waals surface area contributed by atoms with Gasteiger partial charge in [0.25, 0.3) is 0 Å². The van der Waals surface area contributed by atoms with E-state index in [0.29, 0.717) is 0 Å². The van der Waals surface area contributed by atoms with E-state index in [-0.39, 0.29) is 11.2 Å². The van der Waals surface area contributed by atoms with Gasteiger partial charge >= 0.3 is 0 Å². The lowest BCUT2D eigenvalue weighted by molar-refractivity contribution is -0.120. The minimum Gasteiger partial charge on any atom is -0.293 e. The average molecular weight is 224 g/mol. The van der Waals surface area contributed by atoms with E-state index in [9.17, 15) is 4.79 Å². The van der Waals surface area contributed by atoms with Gasteiger partial charge in [0.2, 0.25) is 5.91 Å². The zero-order valence-corrected chi connectivity index (χ0v) is 10.0. The van der Waals surface area contributed by atoms with Crippen molar-refractivity contribution in [1.29, 1.82) is 0 Å². The number of hydrogen-bond donors (Lipinski definition) is 2. The van der Waals surface area contributed by atoms with E-state index >= 15 is 0 Å². The van der Waals surface area contributed by atoms with Crippen LogP contribution in [0.25, 0.3) is 0 Å². The highest BCUT2D eigenvalue weighted by atomic mass is 32.2.